The van der Waals surface area contributed by atoms with Crippen molar-refractivity contribution in [2.45, 2.75) is 13.3 Å². The quantitative estimate of drug-likeness (QED) is 0.746. The molecule has 0 aromatic heterocycles. The second-order valence-electron chi connectivity index (χ2n) is 2.94. The molecule has 0 atom stereocenters. The van der Waals surface area contributed by atoms with Gasteiger partial charge in [0.2, 0.25) is 0 Å². The maximum Gasteiger partial charge on any atom is 0.147 e. The lowest BCUT2D eigenvalue weighted by Crippen LogP contribution is -2.07. The Kier molecular flexibility index (Phi) is 4.66. The molecule has 3 heteroatoms. The molecule has 0 bridgehead atoms. The van der Waals surface area contributed by atoms with Gasteiger partial charge >= 0.3 is 0 Å². The Morgan fingerprint density at radius 3 is 2.79 bits per heavy atom. The average Bonchev–Trinajstić information content (AvgIpc) is 2.18. The Hall–Kier alpha value is -0.830. The van der Waals surface area contributed by atoms with Gasteiger partial charge in [0.1, 0.15) is 11.6 Å². The third-order valence-corrected chi connectivity index (χ3v) is 2.75. The zero-order valence-electron chi connectivity index (χ0n) is 8.13. The number of benzene rings is 1. The zero-order valence-corrected chi connectivity index (χ0v) is 8.94. The summed E-state index contributed by atoms with van der Waals surface area (Å²) in [6.45, 7) is 2.00. The molecule has 0 saturated carbocycles. The fourth-order valence-corrected chi connectivity index (χ4v) is 1.65. The first-order valence-corrected chi connectivity index (χ1v) is 5.72. The number of halogens is 1. The summed E-state index contributed by atoms with van der Waals surface area (Å²) < 4.78 is 13.1. The van der Waals surface area contributed by atoms with Crippen molar-refractivity contribution in [2.24, 2.45) is 0 Å². The first-order chi connectivity index (χ1) is 6.74. The molecular weight excluding hydrogens is 199 g/mol. The van der Waals surface area contributed by atoms with Crippen molar-refractivity contribution in [3.63, 3.8) is 0 Å². The standard InChI is InChI=1S/C11H13FOS/c1-2-14-8-10(13)7-9-5-3-4-6-11(9)12/h3-6H,2,7-8H2,1H3. The van der Waals surface area contributed by atoms with Gasteiger partial charge in [-0.25, -0.2) is 4.39 Å². The maximum absolute atomic E-state index is 13.1. The molecule has 0 radical (unpaired) electrons. The van der Waals surface area contributed by atoms with Gasteiger partial charge in [0.05, 0.1) is 5.75 Å². The van der Waals surface area contributed by atoms with Crippen LogP contribution < -0.4 is 0 Å². The van der Waals surface area contributed by atoms with Crippen molar-refractivity contribution in [3.05, 3.63) is 35.6 Å². The highest BCUT2D eigenvalue weighted by molar-refractivity contribution is 7.99. The van der Waals surface area contributed by atoms with Crippen molar-refractivity contribution in [3.8, 4) is 0 Å². The smallest absolute Gasteiger partial charge is 0.147 e. The topological polar surface area (TPSA) is 17.1 Å². The minimum Gasteiger partial charge on any atom is -0.298 e. The Balaban J connectivity index is 2.52. The van der Waals surface area contributed by atoms with E-state index in [-0.39, 0.29) is 18.0 Å². The van der Waals surface area contributed by atoms with Crippen molar-refractivity contribution >= 4 is 17.5 Å². The summed E-state index contributed by atoms with van der Waals surface area (Å²) in [5.74, 6) is 1.19. The first kappa shape index (κ1) is 11.2. The Morgan fingerprint density at radius 2 is 2.14 bits per heavy atom. The van der Waals surface area contributed by atoms with Crippen LogP contribution in [-0.4, -0.2) is 17.3 Å². The van der Waals surface area contributed by atoms with Gasteiger partial charge in [-0.2, -0.15) is 11.8 Å². The summed E-state index contributed by atoms with van der Waals surface area (Å²) in [6, 6.07) is 6.42. The lowest BCUT2D eigenvalue weighted by atomic mass is 10.1. The van der Waals surface area contributed by atoms with Crippen LogP contribution in [-0.2, 0) is 11.2 Å². The predicted molar refractivity (Wildman–Crippen MR) is 58.1 cm³/mol. The van der Waals surface area contributed by atoms with E-state index in [0.29, 0.717) is 11.3 Å². The van der Waals surface area contributed by atoms with Crippen molar-refractivity contribution < 1.29 is 9.18 Å². The molecule has 0 aliphatic heterocycles. The Labute approximate surface area is 87.7 Å². The summed E-state index contributed by atoms with van der Waals surface area (Å²) in [6.07, 6.45) is 0.208. The predicted octanol–water partition coefficient (Wildman–Crippen LogP) is 2.69. The van der Waals surface area contributed by atoms with Gasteiger partial charge < -0.3 is 0 Å². The van der Waals surface area contributed by atoms with E-state index in [2.05, 4.69) is 0 Å². The molecular formula is C11H13FOS. The van der Waals surface area contributed by atoms with Crippen LogP contribution in [0, 0.1) is 5.82 Å². The number of rotatable bonds is 5. The number of hydrogen-bond donors (Lipinski definition) is 0. The van der Waals surface area contributed by atoms with E-state index >= 15 is 0 Å². The van der Waals surface area contributed by atoms with E-state index in [9.17, 15) is 9.18 Å². The van der Waals surface area contributed by atoms with E-state index < -0.39 is 0 Å². The molecule has 0 heterocycles. The summed E-state index contributed by atoms with van der Waals surface area (Å²) in [5, 5.41) is 0. The van der Waals surface area contributed by atoms with Gasteiger partial charge in [-0.05, 0) is 17.4 Å². The number of hydrogen-bond acceptors (Lipinski definition) is 2. The lowest BCUT2D eigenvalue weighted by Gasteiger charge is -2.01. The minimum absolute atomic E-state index is 0.0851. The van der Waals surface area contributed by atoms with Crippen molar-refractivity contribution in [2.75, 3.05) is 11.5 Å². The molecule has 1 nitrogen and oxygen atoms in total. The number of Topliss-reactive ketones (excluding diaryl/α,β-unsaturated/α-hetero) is 1. The highest BCUT2D eigenvalue weighted by Crippen LogP contribution is 2.09. The normalized spacial score (nSPS) is 10.1. The van der Waals surface area contributed by atoms with E-state index in [1.54, 1.807) is 30.0 Å². The van der Waals surface area contributed by atoms with Crippen LogP contribution in [0.4, 0.5) is 4.39 Å². The maximum atomic E-state index is 13.1. The average molecular weight is 212 g/mol. The van der Waals surface area contributed by atoms with Crippen LogP contribution in [0.3, 0.4) is 0 Å². The van der Waals surface area contributed by atoms with E-state index in [1.165, 1.54) is 6.07 Å². The van der Waals surface area contributed by atoms with Gasteiger partial charge in [0.25, 0.3) is 0 Å². The second kappa shape index (κ2) is 5.81. The van der Waals surface area contributed by atoms with Crippen LogP contribution >= 0.6 is 11.8 Å². The summed E-state index contributed by atoms with van der Waals surface area (Å²) in [7, 11) is 0. The molecule has 0 spiro atoms. The highest BCUT2D eigenvalue weighted by Gasteiger charge is 2.06. The Morgan fingerprint density at radius 1 is 1.43 bits per heavy atom. The fraction of sp³-hybridized carbons (Fsp3) is 0.364. The Bertz CT molecular complexity index is 312. The molecule has 14 heavy (non-hydrogen) atoms. The third-order valence-electron chi connectivity index (χ3n) is 1.81. The van der Waals surface area contributed by atoms with Crippen LogP contribution in [0.15, 0.2) is 24.3 Å². The minimum atomic E-state index is -0.289. The number of ketones is 1. The van der Waals surface area contributed by atoms with Crippen LogP contribution in [0.2, 0.25) is 0 Å². The van der Waals surface area contributed by atoms with E-state index in [4.69, 9.17) is 0 Å². The van der Waals surface area contributed by atoms with Gasteiger partial charge in [0.15, 0.2) is 0 Å². The van der Waals surface area contributed by atoms with E-state index in [0.717, 1.165) is 5.75 Å². The van der Waals surface area contributed by atoms with Gasteiger partial charge in [-0.15, -0.1) is 0 Å². The van der Waals surface area contributed by atoms with E-state index in [1.807, 2.05) is 6.92 Å². The summed E-state index contributed by atoms with van der Waals surface area (Å²) in [5.41, 5.74) is 0.495. The summed E-state index contributed by atoms with van der Waals surface area (Å²) in [4.78, 5) is 11.3. The molecule has 1 rings (SSSR count). The fourth-order valence-electron chi connectivity index (χ4n) is 1.12. The first-order valence-electron chi connectivity index (χ1n) is 4.57. The van der Waals surface area contributed by atoms with Crippen LogP contribution in [0.1, 0.15) is 12.5 Å². The molecule has 0 aliphatic carbocycles. The molecule has 0 N–H and O–H groups in total. The second-order valence-corrected chi connectivity index (χ2v) is 4.22. The number of carbonyl (C=O) groups is 1. The zero-order chi connectivity index (χ0) is 10.4. The largest absolute Gasteiger partial charge is 0.298 e. The molecule has 1 aromatic carbocycles. The molecule has 0 unspecified atom stereocenters. The number of carbonyl (C=O) groups excluding carboxylic acids is 1. The van der Waals surface area contributed by atoms with Crippen molar-refractivity contribution in [1.29, 1.82) is 0 Å². The van der Waals surface area contributed by atoms with Gasteiger partial charge in [-0.3, -0.25) is 4.79 Å². The van der Waals surface area contributed by atoms with Gasteiger partial charge in [-0.1, -0.05) is 25.1 Å². The highest BCUT2D eigenvalue weighted by atomic mass is 32.2. The third kappa shape index (κ3) is 3.50. The SMILES string of the molecule is CCSCC(=O)Cc1ccccc1F. The molecule has 76 valence electrons. The molecule has 0 aliphatic rings. The number of thioether (sulfide) groups is 1. The molecule has 0 amide bonds. The summed E-state index contributed by atoms with van der Waals surface area (Å²) >= 11 is 1.57. The molecule has 1 aromatic rings. The monoisotopic (exact) mass is 212 g/mol. The molecule has 0 saturated heterocycles. The van der Waals surface area contributed by atoms with Crippen LogP contribution in [0.25, 0.3) is 0 Å². The van der Waals surface area contributed by atoms with Crippen molar-refractivity contribution in [1.82, 2.24) is 0 Å². The van der Waals surface area contributed by atoms with Gasteiger partial charge in [0, 0.05) is 6.42 Å². The van der Waals surface area contributed by atoms with Crippen LogP contribution in [0.5, 0.6) is 0 Å². The lowest BCUT2D eigenvalue weighted by molar-refractivity contribution is -0.116. The molecule has 0 fully saturated rings.